The molecule has 2 aromatic rings. The molecule has 6 heteroatoms. The molecule has 0 aliphatic carbocycles. The van der Waals surface area contributed by atoms with E-state index in [0.717, 1.165) is 37.0 Å². The summed E-state index contributed by atoms with van der Waals surface area (Å²) in [6.07, 6.45) is 1.12. The van der Waals surface area contributed by atoms with E-state index in [4.69, 9.17) is 14.2 Å². The first-order valence-corrected chi connectivity index (χ1v) is 10.3. The van der Waals surface area contributed by atoms with Crippen molar-refractivity contribution in [3.63, 3.8) is 0 Å². The summed E-state index contributed by atoms with van der Waals surface area (Å²) in [4.78, 5) is 6.54. The van der Waals surface area contributed by atoms with Crippen LogP contribution in [0, 0.1) is 0 Å². The van der Waals surface area contributed by atoms with Gasteiger partial charge < -0.3 is 24.4 Å². The lowest BCUT2D eigenvalue weighted by Gasteiger charge is -2.22. The van der Waals surface area contributed by atoms with Crippen molar-refractivity contribution in [3.8, 4) is 11.5 Å². The molecule has 30 heavy (non-hydrogen) atoms. The minimum absolute atomic E-state index is 0.240. The van der Waals surface area contributed by atoms with Crippen LogP contribution in [-0.2, 0) is 24.3 Å². The Labute approximate surface area is 180 Å². The van der Waals surface area contributed by atoms with Gasteiger partial charge in [0.1, 0.15) is 0 Å². The van der Waals surface area contributed by atoms with Crippen molar-refractivity contribution >= 4 is 5.96 Å². The summed E-state index contributed by atoms with van der Waals surface area (Å²) in [5, 5.41) is 3.43. The van der Waals surface area contributed by atoms with Crippen LogP contribution in [0.3, 0.4) is 0 Å². The molecule has 0 spiro atoms. The van der Waals surface area contributed by atoms with E-state index < -0.39 is 0 Å². The second-order valence-corrected chi connectivity index (χ2v) is 7.44. The fourth-order valence-corrected chi connectivity index (χ4v) is 3.02. The van der Waals surface area contributed by atoms with E-state index in [1.165, 1.54) is 16.7 Å². The normalized spacial score (nSPS) is 11.5. The topological polar surface area (TPSA) is 55.3 Å². The van der Waals surface area contributed by atoms with Gasteiger partial charge in [0.15, 0.2) is 17.5 Å². The fraction of sp³-hybridized carbons (Fsp3) is 0.458. The van der Waals surface area contributed by atoms with Gasteiger partial charge in [0, 0.05) is 27.2 Å². The Bertz CT molecular complexity index is 804. The van der Waals surface area contributed by atoms with Crippen LogP contribution >= 0.6 is 0 Å². The van der Waals surface area contributed by atoms with Crippen LogP contribution < -0.4 is 14.8 Å². The molecule has 0 amide bonds. The summed E-state index contributed by atoms with van der Waals surface area (Å²) in [5.41, 5.74) is 3.58. The Morgan fingerprint density at radius 2 is 1.60 bits per heavy atom. The van der Waals surface area contributed by atoms with E-state index >= 15 is 0 Å². The lowest BCUT2D eigenvalue weighted by atomic mass is 10.1. The standard InChI is InChI=1S/C24H35N3O3/c1-18(2)30-17-21-9-7-20(8-10-21)16-26-24(25-3)27(4)14-13-19-11-12-22(28-5)23(15-19)29-6/h7-12,15,18H,13-14,16-17H2,1-6H3,(H,25,26). The average molecular weight is 414 g/mol. The van der Waals surface area contributed by atoms with Gasteiger partial charge in [0.25, 0.3) is 0 Å². The van der Waals surface area contributed by atoms with Crippen LogP contribution in [-0.4, -0.2) is 51.8 Å². The summed E-state index contributed by atoms with van der Waals surface area (Å²) >= 11 is 0. The Balaban J connectivity index is 1.85. The molecule has 6 nitrogen and oxygen atoms in total. The minimum Gasteiger partial charge on any atom is -0.493 e. The zero-order chi connectivity index (χ0) is 21.9. The highest BCUT2D eigenvalue weighted by molar-refractivity contribution is 5.79. The minimum atomic E-state index is 0.240. The van der Waals surface area contributed by atoms with E-state index in [9.17, 15) is 0 Å². The number of hydrogen-bond donors (Lipinski definition) is 1. The molecule has 2 rings (SSSR count). The largest absolute Gasteiger partial charge is 0.493 e. The summed E-state index contributed by atoms with van der Waals surface area (Å²) in [6, 6.07) is 14.5. The molecule has 0 aliphatic rings. The van der Waals surface area contributed by atoms with Crippen LogP contribution in [0.2, 0.25) is 0 Å². The number of ether oxygens (including phenoxy) is 3. The predicted molar refractivity (Wildman–Crippen MR) is 122 cm³/mol. The number of guanidine groups is 1. The maximum absolute atomic E-state index is 5.65. The van der Waals surface area contributed by atoms with Crippen LogP contribution in [0.25, 0.3) is 0 Å². The maximum atomic E-state index is 5.65. The van der Waals surface area contributed by atoms with E-state index in [-0.39, 0.29) is 6.10 Å². The van der Waals surface area contributed by atoms with Gasteiger partial charge in [-0.25, -0.2) is 0 Å². The molecule has 164 valence electrons. The van der Waals surface area contributed by atoms with Gasteiger partial charge in [-0.3, -0.25) is 4.99 Å². The molecule has 0 radical (unpaired) electrons. The first-order chi connectivity index (χ1) is 14.5. The Hall–Kier alpha value is -2.73. The zero-order valence-electron chi connectivity index (χ0n) is 19.1. The van der Waals surface area contributed by atoms with Gasteiger partial charge in [-0.15, -0.1) is 0 Å². The molecule has 0 saturated heterocycles. The van der Waals surface area contributed by atoms with Crippen molar-refractivity contribution in [2.24, 2.45) is 4.99 Å². The number of aliphatic imine (C=N–C) groups is 1. The predicted octanol–water partition coefficient (Wildman–Crippen LogP) is 3.88. The number of hydrogen-bond acceptors (Lipinski definition) is 4. The number of benzene rings is 2. The summed E-state index contributed by atoms with van der Waals surface area (Å²) in [5.74, 6) is 2.36. The summed E-state index contributed by atoms with van der Waals surface area (Å²) in [7, 11) is 7.15. The lowest BCUT2D eigenvalue weighted by Crippen LogP contribution is -2.39. The quantitative estimate of drug-likeness (QED) is 0.473. The van der Waals surface area contributed by atoms with Gasteiger partial charge >= 0.3 is 0 Å². The number of nitrogens with one attached hydrogen (secondary N) is 1. The summed E-state index contributed by atoms with van der Waals surface area (Å²) in [6.45, 7) is 6.29. The lowest BCUT2D eigenvalue weighted by molar-refractivity contribution is 0.0657. The molecular formula is C24H35N3O3. The molecule has 0 saturated carbocycles. The van der Waals surface area contributed by atoms with Crippen molar-refractivity contribution in [3.05, 3.63) is 59.2 Å². The third-order valence-electron chi connectivity index (χ3n) is 4.81. The van der Waals surface area contributed by atoms with Crippen molar-refractivity contribution < 1.29 is 14.2 Å². The number of likely N-dealkylation sites (N-methyl/N-ethyl adjacent to an activating group) is 1. The van der Waals surface area contributed by atoms with E-state index in [2.05, 4.69) is 45.5 Å². The highest BCUT2D eigenvalue weighted by Gasteiger charge is 2.09. The Kier molecular flexibility index (Phi) is 9.48. The molecule has 1 N–H and O–H groups in total. The highest BCUT2D eigenvalue weighted by atomic mass is 16.5. The third-order valence-corrected chi connectivity index (χ3v) is 4.81. The molecule has 0 aliphatic heterocycles. The highest BCUT2D eigenvalue weighted by Crippen LogP contribution is 2.27. The molecule has 0 heterocycles. The van der Waals surface area contributed by atoms with Crippen LogP contribution in [0.4, 0.5) is 0 Å². The van der Waals surface area contributed by atoms with Gasteiger partial charge in [0.2, 0.25) is 0 Å². The van der Waals surface area contributed by atoms with Crippen molar-refractivity contribution in [2.75, 3.05) is 34.9 Å². The molecule has 0 aromatic heterocycles. The van der Waals surface area contributed by atoms with Crippen LogP contribution in [0.5, 0.6) is 11.5 Å². The van der Waals surface area contributed by atoms with Crippen LogP contribution in [0.15, 0.2) is 47.5 Å². The van der Waals surface area contributed by atoms with Gasteiger partial charge in [-0.2, -0.15) is 0 Å². The Morgan fingerprint density at radius 1 is 0.967 bits per heavy atom. The van der Waals surface area contributed by atoms with Gasteiger partial charge in [-0.05, 0) is 49.1 Å². The van der Waals surface area contributed by atoms with E-state index in [1.54, 1.807) is 14.2 Å². The van der Waals surface area contributed by atoms with Gasteiger partial charge in [0.05, 0.1) is 26.9 Å². The number of nitrogens with zero attached hydrogens (tertiary/aromatic N) is 2. The van der Waals surface area contributed by atoms with Crippen molar-refractivity contribution in [2.45, 2.75) is 39.5 Å². The molecular weight excluding hydrogens is 378 g/mol. The van der Waals surface area contributed by atoms with Crippen molar-refractivity contribution in [1.29, 1.82) is 0 Å². The van der Waals surface area contributed by atoms with Crippen LogP contribution in [0.1, 0.15) is 30.5 Å². The first-order valence-electron chi connectivity index (χ1n) is 10.3. The molecule has 0 atom stereocenters. The first kappa shape index (κ1) is 23.5. The second kappa shape index (κ2) is 12.1. The molecule has 0 bridgehead atoms. The number of rotatable bonds is 10. The molecule has 0 fully saturated rings. The SMILES string of the molecule is CN=C(NCc1ccc(COC(C)C)cc1)N(C)CCc1ccc(OC)c(OC)c1. The zero-order valence-corrected chi connectivity index (χ0v) is 19.1. The second-order valence-electron chi connectivity index (χ2n) is 7.44. The average Bonchev–Trinajstić information content (AvgIpc) is 2.77. The smallest absolute Gasteiger partial charge is 0.193 e. The van der Waals surface area contributed by atoms with E-state index in [0.29, 0.717) is 6.61 Å². The molecule has 0 unspecified atom stereocenters. The van der Waals surface area contributed by atoms with Gasteiger partial charge in [-0.1, -0.05) is 30.3 Å². The molecule has 2 aromatic carbocycles. The van der Waals surface area contributed by atoms with Crippen molar-refractivity contribution in [1.82, 2.24) is 10.2 Å². The fourth-order valence-electron chi connectivity index (χ4n) is 3.02. The monoisotopic (exact) mass is 413 g/mol. The summed E-state index contributed by atoms with van der Waals surface area (Å²) < 4.78 is 16.3. The maximum Gasteiger partial charge on any atom is 0.193 e. The van der Waals surface area contributed by atoms with E-state index in [1.807, 2.05) is 40.1 Å². The number of methoxy groups -OCH3 is 2. The Morgan fingerprint density at radius 3 is 2.20 bits per heavy atom. The third kappa shape index (κ3) is 7.26.